The van der Waals surface area contributed by atoms with Crippen molar-refractivity contribution >= 4 is 6.08 Å². The van der Waals surface area contributed by atoms with Crippen LogP contribution in [0.2, 0.25) is 3.63 Å². The number of benzene rings is 1. The molecule has 0 radical (unpaired) electrons. The molecule has 3 heteroatoms. The zero-order chi connectivity index (χ0) is 13.5. The van der Waals surface area contributed by atoms with Gasteiger partial charge in [-0.15, -0.1) is 0 Å². The zero-order valence-corrected chi connectivity index (χ0v) is 16.6. The van der Waals surface area contributed by atoms with Crippen LogP contribution in [0.1, 0.15) is 34.5 Å². The number of rotatable bonds is 2. The van der Waals surface area contributed by atoms with Gasteiger partial charge in [0, 0.05) is 0 Å². The summed E-state index contributed by atoms with van der Waals surface area (Å²) in [6, 6.07) is 9.00. The van der Waals surface area contributed by atoms with E-state index in [0.717, 1.165) is 19.1 Å². The van der Waals surface area contributed by atoms with Gasteiger partial charge in [-0.25, -0.2) is 0 Å². The van der Waals surface area contributed by atoms with E-state index in [9.17, 15) is 0 Å². The van der Waals surface area contributed by atoms with Gasteiger partial charge in [0.1, 0.15) is 0 Å². The summed E-state index contributed by atoms with van der Waals surface area (Å²) in [5.74, 6) is 1.79. The molecule has 3 aliphatic carbocycles. The Hall–Kier alpha value is -0.0969. The maximum Gasteiger partial charge on any atom is -1.00 e. The van der Waals surface area contributed by atoms with Crippen molar-refractivity contribution in [3.8, 4) is 0 Å². The van der Waals surface area contributed by atoms with Gasteiger partial charge in [-0.2, -0.15) is 0 Å². The van der Waals surface area contributed by atoms with Crippen LogP contribution in [0.4, 0.5) is 0 Å². The Labute approximate surface area is 157 Å². The Bertz CT molecular complexity index is 618. The molecule has 22 heavy (non-hydrogen) atoms. The minimum atomic E-state index is -0.470. The fraction of sp³-hybridized carbons (Fsp3) is 0.368. The Morgan fingerprint density at radius 2 is 1.95 bits per heavy atom. The van der Waals surface area contributed by atoms with Crippen LogP contribution < -0.4 is 24.8 Å². The monoisotopic (exact) mass is 408 g/mol. The van der Waals surface area contributed by atoms with Gasteiger partial charge in [0.15, 0.2) is 0 Å². The molecule has 4 atom stereocenters. The van der Waals surface area contributed by atoms with Gasteiger partial charge in [-0.3, -0.25) is 0 Å². The molecule has 4 rings (SSSR count). The number of fused-ring (bicyclic) bond motifs is 2. The summed E-state index contributed by atoms with van der Waals surface area (Å²) >= 11 is -0.470. The van der Waals surface area contributed by atoms with E-state index in [1.165, 1.54) is 18.4 Å². The molecule has 0 saturated heterocycles. The summed E-state index contributed by atoms with van der Waals surface area (Å²) < 4.78 is 1.75. The standard InChI is InChI=1S/C10H13.C9H7.2ClH.Zr/c1-8-6-9-4-2-3-5-10(9)7-8;1-2-5-9-7-3-6-8(9)4-1;;;/h2-4,6,8,10H,5,7H2,1H3;1-7H;2*1H;/q;;;;+2/p-2. The van der Waals surface area contributed by atoms with Crippen LogP contribution in [-0.4, -0.2) is 0 Å². The predicted molar refractivity (Wildman–Crippen MR) is 81.1 cm³/mol. The molecule has 1 aromatic rings. The number of halogens is 2. The molecule has 1 aromatic carbocycles. The molecule has 3 aliphatic rings. The zero-order valence-electron chi connectivity index (χ0n) is 12.7. The SMILES string of the molecule is CC1CC2CC=CC=C2[CH]1[Zr+2][CH]1C=Cc2ccccc21.[Cl-].[Cl-]. The summed E-state index contributed by atoms with van der Waals surface area (Å²) in [6.45, 7) is 2.50. The van der Waals surface area contributed by atoms with E-state index in [0.29, 0.717) is 0 Å². The Morgan fingerprint density at radius 1 is 1.14 bits per heavy atom. The van der Waals surface area contributed by atoms with E-state index < -0.39 is 23.2 Å². The molecule has 0 amide bonds. The molecule has 1 saturated carbocycles. The molecule has 4 unspecified atom stereocenters. The van der Waals surface area contributed by atoms with E-state index in [1.54, 1.807) is 5.56 Å². The van der Waals surface area contributed by atoms with Gasteiger partial charge >= 0.3 is 133 Å². The predicted octanol–water partition coefficient (Wildman–Crippen LogP) is -0.824. The summed E-state index contributed by atoms with van der Waals surface area (Å²) in [4.78, 5) is 0. The Kier molecular flexibility index (Phi) is 6.34. The van der Waals surface area contributed by atoms with Crippen molar-refractivity contribution in [2.45, 2.75) is 27.0 Å². The molecule has 0 aliphatic heterocycles. The molecule has 1 fully saturated rings. The third-order valence-corrected chi connectivity index (χ3v) is 10.3. The Morgan fingerprint density at radius 3 is 2.82 bits per heavy atom. The molecule has 0 N–H and O–H groups in total. The molecule has 0 spiro atoms. The third-order valence-electron chi connectivity index (χ3n) is 5.06. The van der Waals surface area contributed by atoms with E-state index >= 15 is 0 Å². The largest absolute Gasteiger partial charge is 1.00 e. The number of hydrogen-bond donors (Lipinski definition) is 0. The van der Waals surface area contributed by atoms with Gasteiger partial charge in [0.05, 0.1) is 0 Å². The summed E-state index contributed by atoms with van der Waals surface area (Å²) in [7, 11) is 0. The number of hydrogen-bond acceptors (Lipinski definition) is 0. The first-order valence-corrected chi connectivity index (χ1v) is 10.6. The summed E-state index contributed by atoms with van der Waals surface area (Å²) in [5.41, 5.74) is 4.89. The first-order valence-electron chi connectivity index (χ1n) is 7.73. The van der Waals surface area contributed by atoms with Gasteiger partial charge in [-0.1, -0.05) is 0 Å². The van der Waals surface area contributed by atoms with E-state index in [-0.39, 0.29) is 24.8 Å². The van der Waals surface area contributed by atoms with Crippen molar-refractivity contribution in [1.29, 1.82) is 0 Å². The van der Waals surface area contributed by atoms with Gasteiger partial charge < -0.3 is 24.8 Å². The van der Waals surface area contributed by atoms with Gasteiger partial charge in [0.2, 0.25) is 0 Å². The fourth-order valence-electron chi connectivity index (χ4n) is 4.05. The van der Waals surface area contributed by atoms with E-state index in [1.807, 2.05) is 5.57 Å². The number of allylic oxidation sites excluding steroid dienone is 5. The van der Waals surface area contributed by atoms with E-state index in [2.05, 4.69) is 61.6 Å². The van der Waals surface area contributed by atoms with Crippen molar-refractivity contribution in [2.75, 3.05) is 0 Å². The summed E-state index contributed by atoms with van der Waals surface area (Å²) in [5, 5.41) is 0. The van der Waals surface area contributed by atoms with Crippen LogP contribution in [0.25, 0.3) is 6.08 Å². The van der Waals surface area contributed by atoms with Crippen LogP contribution >= 0.6 is 0 Å². The van der Waals surface area contributed by atoms with Crippen LogP contribution in [-0.2, 0) is 23.2 Å². The van der Waals surface area contributed by atoms with Crippen molar-refractivity contribution in [2.24, 2.45) is 11.8 Å². The summed E-state index contributed by atoms with van der Waals surface area (Å²) in [6.07, 6.45) is 14.7. The third kappa shape index (κ3) is 3.23. The molecular weight excluding hydrogens is 390 g/mol. The first kappa shape index (κ1) is 18.2. The minimum absolute atomic E-state index is 0. The van der Waals surface area contributed by atoms with Crippen molar-refractivity contribution < 1.29 is 48.0 Å². The molecule has 0 aromatic heterocycles. The topological polar surface area (TPSA) is 0 Å². The van der Waals surface area contributed by atoms with Crippen LogP contribution in [0, 0.1) is 11.8 Å². The second-order valence-electron chi connectivity index (χ2n) is 6.35. The van der Waals surface area contributed by atoms with Crippen LogP contribution in [0.5, 0.6) is 0 Å². The molecule has 0 bridgehead atoms. The minimum Gasteiger partial charge on any atom is -1.00 e. The average Bonchev–Trinajstić information content (AvgIpc) is 3.02. The molecule has 114 valence electrons. The normalized spacial score (nSPS) is 30.5. The Balaban J connectivity index is 0.000000882. The smallest absolute Gasteiger partial charge is 1.00 e. The molecule has 0 heterocycles. The van der Waals surface area contributed by atoms with Crippen molar-refractivity contribution in [3.63, 3.8) is 0 Å². The average molecular weight is 410 g/mol. The second-order valence-corrected chi connectivity index (χ2v) is 10.2. The van der Waals surface area contributed by atoms with Gasteiger partial charge in [-0.05, 0) is 0 Å². The maximum atomic E-state index is 2.50. The second kappa shape index (κ2) is 7.65. The molecular formula is C19H20Cl2Zr. The van der Waals surface area contributed by atoms with Crippen LogP contribution in [0.15, 0.2) is 54.1 Å². The van der Waals surface area contributed by atoms with Crippen molar-refractivity contribution in [1.82, 2.24) is 0 Å². The fourth-order valence-corrected chi connectivity index (χ4v) is 9.03. The first-order chi connectivity index (χ1) is 9.83. The van der Waals surface area contributed by atoms with Gasteiger partial charge in [0.25, 0.3) is 0 Å². The van der Waals surface area contributed by atoms with E-state index in [4.69, 9.17) is 0 Å². The quantitative estimate of drug-likeness (QED) is 0.598. The molecule has 0 nitrogen and oxygen atoms in total. The van der Waals surface area contributed by atoms with Crippen LogP contribution in [0.3, 0.4) is 0 Å². The maximum absolute atomic E-state index is 2.50. The van der Waals surface area contributed by atoms with Crippen molar-refractivity contribution in [3.05, 3.63) is 65.3 Å².